The number of aromatic nitrogens is 2. The number of alkyl halides is 3. The van der Waals surface area contributed by atoms with Gasteiger partial charge in [0.2, 0.25) is 11.9 Å². The maximum atomic E-state index is 14.0. The van der Waals surface area contributed by atoms with Gasteiger partial charge in [0.15, 0.2) is 0 Å². The van der Waals surface area contributed by atoms with Crippen molar-refractivity contribution in [3.63, 3.8) is 0 Å². The van der Waals surface area contributed by atoms with Crippen LogP contribution in [-0.4, -0.2) is 58.2 Å². The summed E-state index contributed by atoms with van der Waals surface area (Å²) in [7, 11) is 1.53. The second-order valence-electron chi connectivity index (χ2n) is 12.7. The van der Waals surface area contributed by atoms with Crippen molar-refractivity contribution in [2.24, 2.45) is 0 Å². The molecule has 4 N–H and O–H groups in total. The maximum Gasteiger partial charge on any atom is 0.421 e. The monoisotopic (exact) mass is 612 g/mol. The molecule has 44 heavy (non-hydrogen) atoms. The van der Waals surface area contributed by atoms with Gasteiger partial charge in [-0.15, -0.1) is 0 Å². The van der Waals surface area contributed by atoms with Crippen LogP contribution < -0.4 is 20.7 Å². The van der Waals surface area contributed by atoms with Crippen LogP contribution in [-0.2, 0) is 22.9 Å². The Kier molecular flexibility index (Phi) is 8.52. The van der Waals surface area contributed by atoms with Crippen molar-refractivity contribution < 1.29 is 27.8 Å². The van der Waals surface area contributed by atoms with Crippen molar-refractivity contribution in [1.29, 1.82) is 0 Å². The average Bonchev–Trinajstić information content (AvgIpc) is 3.18. The molecule has 2 aromatic carbocycles. The predicted octanol–water partition coefficient (Wildman–Crippen LogP) is 6.04. The van der Waals surface area contributed by atoms with E-state index < -0.39 is 22.8 Å². The fourth-order valence-corrected chi connectivity index (χ4v) is 6.15. The Labute approximate surface area is 255 Å². The van der Waals surface area contributed by atoms with Gasteiger partial charge in [-0.05, 0) is 87.9 Å². The average molecular weight is 613 g/mol. The Hall–Kier alpha value is -3.90. The van der Waals surface area contributed by atoms with Gasteiger partial charge >= 0.3 is 6.18 Å². The number of piperidine rings is 1. The highest BCUT2D eigenvalue weighted by Crippen LogP contribution is 2.41. The van der Waals surface area contributed by atoms with E-state index in [4.69, 9.17) is 4.74 Å². The summed E-state index contributed by atoms with van der Waals surface area (Å²) in [6.07, 6.45) is -1.92. The Balaban J connectivity index is 1.37. The van der Waals surface area contributed by atoms with Crippen LogP contribution in [0, 0.1) is 0 Å². The lowest BCUT2D eigenvalue weighted by molar-refractivity contribution is -0.137. The minimum absolute atomic E-state index is 0.0188. The number of amides is 1. The molecule has 1 saturated heterocycles. The van der Waals surface area contributed by atoms with E-state index in [2.05, 4.69) is 30.8 Å². The Morgan fingerprint density at radius 2 is 1.98 bits per heavy atom. The number of hydrogen-bond acceptors (Lipinski definition) is 8. The number of carbonyl (C=O) groups excluding carboxylic acids is 1. The van der Waals surface area contributed by atoms with E-state index in [0.717, 1.165) is 43.3 Å². The second-order valence-corrected chi connectivity index (χ2v) is 12.7. The molecule has 5 rings (SSSR count). The summed E-state index contributed by atoms with van der Waals surface area (Å²) in [5, 5.41) is 19.0. The molecule has 3 aromatic rings. The second kappa shape index (κ2) is 11.9. The van der Waals surface area contributed by atoms with E-state index in [0.29, 0.717) is 29.2 Å². The van der Waals surface area contributed by atoms with Crippen LogP contribution in [0.25, 0.3) is 0 Å². The van der Waals surface area contributed by atoms with Crippen molar-refractivity contribution in [2.75, 3.05) is 42.7 Å². The number of methoxy groups -OCH3 is 1. The smallest absolute Gasteiger partial charge is 0.421 e. The van der Waals surface area contributed by atoms with E-state index in [1.54, 1.807) is 45.9 Å². The lowest BCUT2D eigenvalue weighted by Gasteiger charge is -2.36. The van der Waals surface area contributed by atoms with E-state index in [1.807, 2.05) is 18.2 Å². The summed E-state index contributed by atoms with van der Waals surface area (Å²) in [6.45, 7) is 9.51. The van der Waals surface area contributed by atoms with Gasteiger partial charge in [0.05, 0.1) is 23.8 Å². The molecule has 1 atom stereocenters. The number of rotatable bonds is 9. The third-order valence-corrected chi connectivity index (χ3v) is 8.19. The molecular formula is C32H39F3N6O3. The molecule has 1 aromatic heterocycles. The van der Waals surface area contributed by atoms with E-state index in [-0.39, 0.29) is 30.1 Å². The largest absolute Gasteiger partial charge is 0.495 e. The van der Waals surface area contributed by atoms with Crippen molar-refractivity contribution in [2.45, 2.75) is 70.2 Å². The van der Waals surface area contributed by atoms with Crippen LogP contribution in [0.2, 0.25) is 0 Å². The zero-order valence-corrected chi connectivity index (χ0v) is 25.6. The lowest BCUT2D eigenvalue weighted by Crippen LogP contribution is -2.43. The highest BCUT2D eigenvalue weighted by Gasteiger charge is 2.40. The molecule has 3 heterocycles. The number of aliphatic hydroxyl groups is 1. The molecule has 236 valence electrons. The highest BCUT2D eigenvalue weighted by molar-refractivity contribution is 6.06. The summed E-state index contributed by atoms with van der Waals surface area (Å²) in [6, 6.07) is 11.0. The van der Waals surface area contributed by atoms with Crippen LogP contribution in [0.1, 0.15) is 68.7 Å². The minimum atomic E-state index is -4.69. The first-order valence-electron chi connectivity index (χ1n) is 14.7. The molecule has 9 nitrogen and oxygen atoms in total. The topological polar surface area (TPSA) is 112 Å². The first-order valence-corrected chi connectivity index (χ1v) is 14.7. The Bertz CT molecular complexity index is 1540. The van der Waals surface area contributed by atoms with Gasteiger partial charge in [-0.1, -0.05) is 18.2 Å². The SMILES string of the molecule is COc1cc(C2CCCN(CC(C)(C)O)C2)ccc1Nc1ncc(C(F)(F)F)c(NCc2cccc3c2C(C)(C)C(=O)N3)n1. The lowest BCUT2D eigenvalue weighted by atomic mass is 9.83. The first-order chi connectivity index (χ1) is 20.7. The molecule has 0 aliphatic carbocycles. The van der Waals surface area contributed by atoms with Gasteiger partial charge in [-0.2, -0.15) is 18.2 Å². The van der Waals surface area contributed by atoms with Crippen molar-refractivity contribution in [3.8, 4) is 5.75 Å². The van der Waals surface area contributed by atoms with E-state index in [1.165, 1.54) is 7.11 Å². The quantitative estimate of drug-likeness (QED) is 0.232. The van der Waals surface area contributed by atoms with Crippen LogP contribution >= 0.6 is 0 Å². The number of likely N-dealkylation sites (tertiary alicyclic amines) is 1. The molecule has 0 radical (unpaired) electrons. The number of β-amino-alcohol motifs (C(OH)–C–C–N with tert-alkyl or cyclic N) is 1. The fraction of sp³-hybridized carbons (Fsp3) is 0.469. The summed E-state index contributed by atoms with van der Waals surface area (Å²) in [5.41, 5.74) is 1.06. The number of ether oxygens (including phenoxy) is 1. The van der Waals surface area contributed by atoms with Gasteiger partial charge in [0.1, 0.15) is 17.1 Å². The van der Waals surface area contributed by atoms with Gasteiger partial charge in [-0.3, -0.25) is 9.69 Å². The zero-order valence-electron chi connectivity index (χ0n) is 25.6. The number of carbonyl (C=O) groups is 1. The molecule has 12 heteroatoms. The molecule has 1 unspecified atom stereocenters. The van der Waals surface area contributed by atoms with Crippen molar-refractivity contribution in [3.05, 3.63) is 64.8 Å². The molecule has 0 spiro atoms. The standard InChI is InChI=1S/C32H39F3N6O3/c1-30(2,43)18-41-13-7-9-21(17-41)19-11-12-23(25(14-19)44-5)39-29-37-16-22(32(33,34)35)27(40-29)36-15-20-8-6-10-24-26(20)31(3,4)28(42)38-24/h6,8,10-12,14,16,21,43H,7,9,13,15,17-18H2,1-5H3,(H,38,42)(H2,36,37,39,40). The van der Waals surface area contributed by atoms with Crippen LogP contribution in [0.3, 0.4) is 0 Å². The maximum absolute atomic E-state index is 14.0. The van der Waals surface area contributed by atoms with Gasteiger partial charge in [-0.25, -0.2) is 4.98 Å². The number of hydrogen-bond donors (Lipinski definition) is 4. The van der Waals surface area contributed by atoms with Gasteiger partial charge < -0.3 is 25.8 Å². The van der Waals surface area contributed by atoms with Crippen LogP contribution in [0.5, 0.6) is 5.75 Å². The molecule has 2 aliphatic rings. The van der Waals surface area contributed by atoms with E-state index in [9.17, 15) is 23.1 Å². The van der Waals surface area contributed by atoms with Gasteiger partial charge in [0, 0.05) is 31.5 Å². The summed E-state index contributed by atoms with van der Waals surface area (Å²) in [5.74, 6) is 0.184. The highest BCUT2D eigenvalue weighted by atomic mass is 19.4. The van der Waals surface area contributed by atoms with Gasteiger partial charge in [0.25, 0.3) is 0 Å². The Morgan fingerprint density at radius 1 is 1.20 bits per heavy atom. The minimum Gasteiger partial charge on any atom is -0.495 e. The van der Waals surface area contributed by atoms with Crippen LogP contribution in [0.15, 0.2) is 42.6 Å². The zero-order chi connectivity index (χ0) is 31.9. The molecule has 1 fully saturated rings. The summed E-state index contributed by atoms with van der Waals surface area (Å²) in [4.78, 5) is 22.9. The third kappa shape index (κ3) is 6.76. The number of anilines is 4. The first kappa shape index (κ1) is 31.5. The summed E-state index contributed by atoms with van der Waals surface area (Å²) < 4.78 is 47.5. The normalized spacial score (nSPS) is 18.5. The van der Waals surface area contributed by atoms with Crippen molar-refractivity contribution in [1.82, 2.24) is 14.9 Å². The number of benzene rings is 2. The third-order valence-electron chi connectivity index (χ3n) is 8.19. The fourth-order valence-electron chi connectivity index (χ4n) is 6.15. The number of nitrogens with one attached hydrogen (secondary N) is 3. The van der Waals surface area contributed by atoms with Crippen LogP contribution in [0.4, 0.5) is 36.3 Å². The molecular weight excluding hydrogens is 573 g/mol. The molecule has 1 amide bonds. The van der Waals surface area contributed by atoms with Crippen molar-refractivity contribution >= 4 is 29.0 Å². The number of nitrogens with zero attached hydrogens (tertiary/aromatic N) is 3. The van der Waals surface area contributed by atoms with E-state index >= 15 is 0 Å². The number of fused-ring (bicyclic) bond motifs is 1. The molecule has 0 saturated carbocycles. The molecule has 2 aliphatic heterocycles. The summed E-state index contributed by atoms with van der Waals surface area (Å²) >= 11 is 0. The Morgan fingerprint density at radius 3 is 2.68 bits per heavy atom. The molecule has 0 bridgehead atoms. The number of halogens is 3. The predicted molar refractivity (Wildman–Crippen MR) is 163 cm³/mol.